The molecule has 0 saturated carbocycles. The van der Waals surface area contributed by atoms with Crippen molar-refractivity contribution in [2.45, 2.75) is 12.8 Å². The number of aryl methyl sites for hydroxylation is 1. The van der Waals surface area contributed by atoms with Gasteiger partial charge in [-0.2, -0.15) is 0 Å². The fourth-order valence-corrected chi connectivity index (χ4v) is 2.06. The summed E-state index contributed by atoms with van der Waals surface area (Å²) < 4.78 is 0. The van der Waals surface area contributed by atoms with Crippen molar-refractivity contribution in [1.82, 2.24) is 9.97 Å². The summed E-state index contributed by atoms with van der Waals surface area (Å²) in [5.41, 5.74) is 8.12. The maximum Gasteiger partial charge on any atom is 0.352 e. The second-order valence-electron chi connectivity index (χ2n) is 5.60. The number of carboxylic acid groups (broad SMARTS) is 2. The molecule has 0 spiro atoms. The summed E-state index contributed by atoms with van der Waals surface area (Å²) in [6, 6.07) is 6.12. The molecular weight excluding hydrogens is 400 g/mol. The molecule has 0 radical (unpaired) electrons. The molecule has 10 N–H and O–H groups in total. The van der Waals surface area contributed by atoms with Gasteiger partial charge in [0.15, 0.2) is 0 Å². The van der Waals surface area contributed by atoms with Gasteiger partial charge in [0.05, 0.1) is 18.8 Å². The summed E-state index contributed by atoms with van der Waals surface area (Å²) in [6.07, 6.45) is 0.313. The first-order chi connectivity index (χ1) is 14.2. The molecule has 30 heavy (non-hydrogen) atoms. The number of rotatable bonds is 7. The lowest BCUT2D eigenvalue weighted by Crippen LogP contribution is -2.30. The number of benzene rings is 1. The molecule has 0 bridgehead atoms. The van der Waals surface area contributed by atoms with Crippen molar-refractivity contribution in [3.05, 3.63) is 67.5 Å². The lowest BCUT2D eigenvalue weighted by Gasteiger charge is -2.05. The summed E-state index contributed by atoms with van der Waals surface area (Å²) in [7, 11) is 0. The molecule has 0 unspecified atom stereocenters. The minimum Gasteiger partial charge on any atom is -0.478 e. The minimum absolute atomic E-state index is 0.0524. The van der Waals surface area contributed by atoms with Crippen molar-refractivity contribution >= 4 is 11.9 Å². The summed E-state index contributed by atoms with van der Waals surface area (Å²) >= 11 is 0. The first-order valence-corrected chi connectivity index (χ1v) is 8.74. The number of aromatic amines is 2. The average molecular weight is 426 g/mol. The van der Waals surface area contributed by atoms with Crippen LogP contribution in [0.2, 0.25) is 0 Å². The average Bonchev–Trinajstić information content (AvgIpc) is 2.73. The van der Waals surface area contributed by atoms with Crippen LogP contribution in [0.1, 0.15) is 32.0 Å². The van der Waals surface area contributed by atoms with E-state index < -0.39 is 28.9 Å². The molecule has 0 atom stereocenters. The predicted octanol–water partition coefficient (Wildman–Crippen LogP) is -1.88. The van der Waals surface area contributed by atoms with Gasteiger partial charge in [-0.1, -0.05) is 12.1 Å². The molecule has 2 aromatic rings. The van der Waals surface area contributed by atoms with Crippen LogP contribution in [0.4, 0.5) is 0 Å². The van der Waals surface area contributed by atoms with Gasteiger partial charge in [0.1, 0.15) is 5.69 Å². The number of carbonyl (C=O) groups is 2. The van der Waals surface area contributed by atoms with Gasteiger partial charge in [-0.05, 0) is 30.5 Å². The molecule has 2 rings (SSSR count). The molecule has 166 valence electrons. The van der Waals surface area contributed by atoms with Crippen molar-refractivity contribution < 1.29 is 30.0 Å². The highest BCUT2D eigenvalue weighted by Crippen LogP contribution is 2.09. The van der Waals surface area contributed by atoms with E-state index in [0.717, 1.165) is 0 Å². The molecule has 0 fully saturated rings. The first kappa shape index (κ1) is 26.7. The fraction of sp³-hybridized carbons (Fsp3) is 0.333. The summed E-state index contributed by atoms with van der Waals surface area (Å²) in [5, 5.41) is 33.4. The molecule has 1 heterocycles. The van der Waals surface area contributed by atoms with E-state index in [9.17, 15) is 19.2 Å². The number of nitrogens with one attached hydrogen (secondary N) is 2. The van der Waals surface area contributed by atoms with Gasteiger partial charge in [0.25, 0.3) is 5.56 Å². The lowest BCUT2D eigenvalue weighted by atomic mass is 10.0. The van der Waals surface area contributed by atoms with Crippen LogP contribution in [-0.2, 0) is 12.8 Å². The van der Waals surface area contributed by atoms with Crippen LogP contribution in [0, 0.1) is 0 Å². The van der Waals surface area contributed by atoms with Crippen molar-refractivity contribution in [2.75, 3.05) is 26.3 Å². The van der Waals surface area contributed by atoms with Gasteiger partial charge in [-0.25, -0.2) is 14.4 Å². The monoisotopic (exact) mass is 426 g/mol. The third-order valence-corrected chi connectivity index (χ3v) is 3.35. The third-order valence-electron chi connectivity index (χ3n) is 3.35. The number of hydrogen-bond acceptors (Lipinski definition) is 8. The Bertz CT molecular complexity index is 915. The fourth-order valence-electron chi connectivity index (χ4n) is 2.06. The molecule has 0 saturated heterocycles. The first-order valence-electron chi connectivity index (χ1n) is 8.74. The van der Waals surface area contributed by atoms with E-state index in [0.29, 0.717) is 18.7 Å². The molecule has 0 aliphatic heterocycles. The summed E-state index contributed by atoms with van der Waals surface area (Å²) in [5.74, 6) is -2.48. The number of aliphatic hydroxyl groups excluding tert-OH is 2. The molecule has 0 aliphatic carbocycles. The quantitative estimate of drug-likeness (QED) is 0.245. The highest BCUT2D eigenvalue weighted by Gasteiger charge is 2.15. The SMILES string of the molecule is NCCO.NCCO.O=C(O)c1cccc(CCc2c(C(=O)O)[nH]c(=O)[nH]c2=O)c1. The van der Waals surface area contributed by atoms with Crippen LogP contribution >= 0.6 is 0 Å². The topological polar surface area (TPSA) is 233 Å². The van der Waals surface area contributed by atoms with E-state index in [2.05, 4.69) is 4.98 Å². The van der Waals surface area contributed by atoms with Crippen LogP contribution in [0.3, 0.4) is 0 Å². The van der Waals surface area contributed by atoms with E-state index >= 15 is 0 Å². The highest BCUT2D eigenvalue weighted by atomic mass is 16.4. The molecule has 0 aliphatic rings. The Morgan fingerprint density at radius 2 is 1.47 bits per heavy atom. The van der Waals surface area contributed by atoms with E-state index in [4.69, 9.17) is 31.9 Å². The maximum absolute atomic E-state index is 11.7. The zero-order valence-corrected chi connectivity index (χ0v) is 16.1. The second-order valence-corrected chi connectivity index (χ2v) is 5.60. The minimum atomic E-state index is -1.41. The standard InChI is InChI=1S/C14H12N2O6.2C2H7NO/c17-11-9(10(13(20)21)15-14(22)16-11)5-4-7-2-1-3-8(6-7)12(18)19;2*3-1-2-4/h1-3,6H,4-5H2,(H,18,19)(H,20,21)(H2,15,16,17,22);2*4H,1-3H2. The Balaban J connectivity index is 0.000000901. The molecule has 1 aromatic heterocycles. The molecule has 12 nitrogen and oxygen atoms in total. The predicted molar refractivity (Wildman–Crippen MR) is 108 cm³/mol. The van der Waals surface area contributed by atoms with Gasteiger partial charge in [-0.3, -0.25) is 9.78 Å². The van der Waals surface area contributed by atoms with Crippen molar-refractivity contribution in [3.63, 3.8) is 0 Å². The van der Waals surface area contributed by atoms with Gasteiger partial charge in [-0.15, -0.1) is 0 Å². The van der Waals surface area contributed by atoms with Crippen molar-refractivity contribution in [1.29, 1.82) is 0 Å². The van der Waals surface area contributed by atoms with Crippen LogP contribution in [0.5, 0.6) is 0 Å². The van der Waals surface area contributed by atoms with Crippen LogP contribution < -0.4 is 22.7 Å². The smallest absolute Gasteiger partial charge is 0.352 e. The maximum atomic E-state index is 11.7. The Labute approximate surface area is 170 Å². The Morgan fingerprint density at radius 3 is 1.93 bits per heavy atom. The Morgan fingerprint density at radius 1 is 0.900 bits per heavy atom. The number of nitrogens with two attached hydrogens (primary N) is 2. The van der Waals surface area contributed by atoms with E-state index in [1.807, 2.05) is 4.98 Å². The van der Waals surface area contributed by atoms with Gasteiger partial charge >= 0.3 is 17.6 Å². The third kappa shape index (κ3) is 9.75. The van der Waals surface area contributed by atoms with E-state index in [1.165, 1.54) is 12.1 Å². The van der Waals surface area contributed by atoms with Gasteiger partial charge in [0, 0.05) is 18.7 Å². The number of aromatic nitrogens is 2. The lowest BCUT2D eigenvalue weighted by molar-refractivity contribution is 0.0681. The Kier molecular flexibility index (Phi) is 13.0. The van der Waals surface area contributed by atoms with E-state index in [-0.39, 0.29) is 37.2 Å². The number of H-pyrrole nitrogens is 2. The van der Waals surface area contributed by atoms with Crippen LogP contribution in [0.25, 0.3) is 0 Å². The summed E-state index contributed by atoms with van der Waals surface area (Å²) in [6.45, 7) is 0.944. The largest absolute Gasteiger partial charge is 0.478 e. The van der Waals surface area contributed by atoms with Gasteiger partial charge < -0.3 is 36.9 Å². The van der Waals surface area contributed by atoms with Crippen LogP contribution in [-0.4, -0.2) is 68.6 Å². The summed E-state index contributed by atoms with van der Waals surface area (Å²) in [4.78, 5) is 48.9. The van der Waals surface area contributed by atoms with Gasteiger partial charge in [0.2, 0.25) is 0 Å². The van der Waals surface area contributed by atoms with E-state index in [1.54, 1.807) is 12.1 Å². The molecule has 1 aromatic carbocycles. The number of hydrogen-bond donors (Lipinski definition) is 8. The normalized spacial score (nSPS) is 9.60. The zero-order valence-electron chi connectivity index (χ0n) is 16.1. The number of aromatic carboxylic acids is 2. The van der Waals surface area contributed by atoms with Crippen LogP contribution in [0.15, 0.2) is 33.9 Å². The number of carboxylic acids is 2. The Hall–Kier alpha value is -3.32. The highest BCUT2D eigenvalue weighted by molar-refractivity contribution is 5.88. The van der Waals surface area contributed by atoms with Crippen molar-refractivity contribution in [2.24, 2.45) is 11.5 Å². The number of aliphatic hydroxyl groups is 2. The molecule has 0 amide bonds. The molecular formula is C18H26N4O8. The molecule has 12 heteroatoms. The zero-order chi connectivity index (χ0) is 23.1. The second kappa shape index (κ2) is 14.6. The van der Waals surface area contributed by atoms with Crippen molar-refractivity contribution in [3.8, 4) is 0 Å².